The fourth-order valence-electron chi connectivity index (χ4n) is 4.70. The largest absolute Gasteiger partial charge is 0.384 e. The number of hydrogen-bond acceptors (Lipinski definition) is 2. The van der Waals surface area contributed by atoms with E-state index in [0.29, 0.717) is 23.7 Å². The summed E-state index contributed by atoms with van der Waals surface area (Å²) in [5, 5.41) is 12.7. The number of amidine groups is 1. The first-order valence-corrected chi connectivity index (χ1v) is 13.9. The third kappa shape index (κ3) is 7.18. The summed E-state index contributed by atoms with van der Waals surface area (Å²) in [4.78, 5) is 12.8. The molecular weight excluding hydrogens is 504 g/mol. The van der Waals surface area contributed by atoms with Crippen molar-refractivity contribution in [3.63, 3.8) is 0 Å². The molecule has 1 amide bonds. The lowest BCUT2D eigenvalue weighted by Crippen LogP contribution is -2.23. The van der Waals surface area contributed by atoms with Crippen molar-refractivity contribution in [3.05, 3.63) is 117 Å². The van der Waals surface area contributed by atoms with Crippen LogP contribution < -0.4 is 11.1 Å². The second-order valence-electron chi connectivity index (χ2n) is 9.35. The topological polar surface area (TPSA) is 83.9 Å². The van der Waals surface area contributed by atoms with Gasteiger partial charge in [-0.25, -0.2) is 0 Å². The van der Waals surface area contributed by atoms with Crippen LogP contribution in [0, 0.1) is 19.3 Å². The molecule has 0 bridgehead atoms. The van der Waals surface area contributed by atoms with Gasteiger partial charge in [-0.3, -0.25) is 10.2 Å². The molecule has 0 saturated heterocycles. The van der Waals surface area contributed by atoms with Gasteiger partial charge in [0.25, 0.3) is 5.91 Å². The molecule has 6 heteroatoms. The van der Waals surface area contributed by atoms with Gasteiger partial charge in [0.1, 0.15) is 5.84 Å². The van der Waals surface area contributed by atoms with Gasteiger partial charge in [0.2, 0.25) is 0 Å². The number of fused-ring (bicyclic) bond motifs is 1. The van der Waals surface area contributed by atoms with E-state index in [4.69, 9.17) is 22.7 Å². The summed E-state index contributed by atoms with van der Waals surface area (Å²) in [5.41, 5.74) is 14.0. The third-order valence-electron chi connectivity index (χ3n) is 6.86. The number of nitrogens with two attached hydrogens (primary N) is 1. The molecule has 0 aliphatic carbocycles. The van der Waals surface area contributed by atoms with Crippen LogP contribution in [-0.4, -0.2) is 16.3 Å². The van der Waals surface area contributed by atoms with Crippen LogP contribution in [0.15, 0.2) is 72.8 Å². The maximum Gasteiger partial charge on any atom is 0.251 e. The molecule has 0 radical (unpaired) electrons. The number of carbonyl (C=O) groups is 1. The van der Waals surface area contributed by atoms with Crippen LogP contribution in [-0.2, 0) is 19.5 Å². The van der Waals surface area contributed by atoms with Crippen molar-refractivity contribution in [1.29, 1.82) is 5.41 Å². The van der Waals surface area contributed by atoms with Crippen molar-refractivity contribution in [2.24, 2.45) is 5.73 Å². The number of carbonyl (C=O) groups excluding carboxylic acids is 1. The summed E-state index contributed by atoms with van der Waals surface area (Å²) in [7, 11) is 0. The Morgan fingerprint density at radius 1 is 1.03 bits per heavy atom. The van der Waals surface area contributed by atoms with Gasteiger partial charge in [0.05, 0.1) is 0 Å². The molecule has 204 valence electrons. The first kappa shape index (κ1) is 29.7. The fourth-order valence-corrected chi connectivity index (χ4v) is 4.83. The lowest BCUT2D eigenvalue weighted by atomic mass is 10.0. The Labute approximate surface area is 237 Å². The zero-order chi connectivity index (χ0) is 28.5. The number of benzene rings is 3. The van der Waals surface area contributed by atoms with Gasteiger partial charge in [-0.15, -0.1) is 0 Å². The molecule has 39 heavy (non-hydrogen) atoms. The third-order valence-corrected chi connectivity index (χ3v) is 7.11. The molecule has 1 heterocycles. The lowest BCUT2D eigenvalue weighted by Gasteiger charge is -2.13. The van der Waals surface area contributed by atoms with Crippen molar-refractivity contribution in [3.8, 4) is 0 Å². The van der Waals surface area contributed by atoms with Crippen LogP contribution in [0.2, 0.25) is 5.02 Å². The van der Waals surface area contributed by atoms with Crippen LogP contribution in [0.4, 0.5) is 0 Å². The summed E-state index contributed by atoms with van der Waals surface area (Å²) in [6.07, 6.45) is 6.14. The molecule has 0 saturated carbocycles. The van der Waals surface area contributed by atoms with Gasteiger partial charge in [-0.1, -0.05) is 55.8 Å². The average Bonchev–Trinajstić information content (AvgIpc) is 3.20. The molecule has 0 unspecified atom stereocenters. The second kappa shape index (κ2) is 13.8. The molecule has 0 fully saturated rings. The van der Waals surface area contributed by atoms with E-state index in [1.807, 2.05) is 82.3 Å². The number of halogens is 1. The number of hydrogen-bond donors (Lipinski definition) is 3. The lowest BCUT2D eigenvalue weighted by molar-refractivity contribution is 0.0951. The summed E-state index contributed by atoms with van der Waals surface area (Å²) in [6.45, 7) is 11.4. The number of nitrogen functional groups attached to an aromatic ring is 1. The van der Waals surface area contributed by atoms with E-state index >= 15 is 0 Å². The summed E-state index contributed by atoms with van der Waals surface area (Å²) < 4.78 is 2.33. The maximum absolute atomic E-state index is 12.8. The summed E-state index contributed by atoms with van der Waals surface area (Å²) in [5.74, 6) is -0.0253. The summed E-state index contributed by atoms with van der Waals surface area (Å²) in [6, 6.07) is 19.4. The molecule has 4 rings (SSSR count). The number of amides is 1. The number of nitrogens with one attached hydrogen (secondary N) is 2. The highest BCUT2D eigenvalue weighted by atomic mass is 35.5. The highest BCUT2D eigenvalue weighted by Gasteiger charge is 2.16. The number of rotatable bonds is 9. The quantitative estimate of drug-likeness (QED) is 0.115. The average molecular weight is 543 g/mol. The van der Waals surface area contributed by atoms with Crippen LogP contribution in [0.5, 0.6) is 0 Å². The Balaban J connectivity index is 0.00000205. The highest BCUT2D eigenvalue weighted by molar-refractivity contribution is 6.30. The Kier molecular flexibility index (Phi) is 10.5. The van der Waals surface area contributed by atoms with E-state index in [1.54, 1.807) is 0 Å². The van der Waals surface area contributed by atoms with E-state index in [-0.39, 0.29) is 11.7 Å². The van der Waals surface area contributed by atoms with Crippen molar-refractivity contribution >= 4 is 34.2 Å². The molecule has 0 atom stereocenters. The number of aryl methyl sites for hydroxylation is 2. The van der Waals surface area contributed by atoms with Crippen LogP contribution in [0.25, 0.3) is 10.9 Å². The van der Waals surface area contributed by atoms with Crippen LogP contribution >= 0.6 is 11.6 Å². The smallest absolute Gasteiger partial charge is 0.251 e. The molecule has 4 aromatic rings. The van der Waals surface area contributed by atoms with Gasteiger partial charge >= 0.3 is 0 Å². The zero-order valence-corrected chi connectivity index (χ0v) is 24.3. The van der Waals surface area contributed by atoms with Gasteiger partial charge in [0, 0.05) is 45.8 Å². The van der Waals surface area contributed by atoms with Gasteiger partial charge in [-0.2, -0.15) is 0 Å². The second-order valence-corrected chi connectivity index (χ2v) is 9.79. The van der Waals surface area contributed by atoms with Crippen molar-refractivity contribution in [2.45, 2.75) is 60.5 Å². The monoisotopic (exact) mass is 542 g/mol. The summed E-state index contributed by atoms with van der Waals surface area (Å²) >= 11 is 5.95. The minimum atomic E-state index is -0.102. The SMILES string of the molecule is C/C=C\CCc1c(C)n(Cc2ccc(C(=O)NCc3ccc(Cl)cc3)cc2C)c2ccc(C(=N)N)cc12.CC. The molecule has 1 aromatic heterocycles. The van der Waals surface area contributed by atoms with Gasteiger partial charge in [-0.05, 0) is 98.3 Å². The van der Waals surface area contributed by atoms with Gasteiger partial charge in [0.15, 0.2) is 0 Å². The Morgan fingerprint density at radius 3 is 2.36 bits per heavy atom. The number of aromatic nitrogens is 1. The van der Waals surface area contributed by atoms with Crippen molar-refractivity contribution in [2.75, 3.05) is 0 Å². The van der Waals surface area contributed by atoms with Crippen LogP contribution in [0.1, 0.15) is 71.1 Å². The van der Waals surface area contributed by atoms with E-state index < -0.39 is 0 Å². The number of nitrogens with zero attached hydrogens (tertiary/aromatic N) is 1. The molecule has 3 aromatic carbocycles. The first-order chi connectivity index (χ1) is 18.8. The van der Waals surface area contributed by atoms with Crippen molar-refractivity contribution in [1.82, 2.24) is 9.88 Å². The van der Waals surface area contributed by atoms with E-state index in [1.165, 1.54) is 11.3 Å². The van der Waals surface area contributed by atoms with E-state index in [2.05, 4.69) is 35.0 Å². The van der Waals surface area contributed by atoms with E-state index in [0.717, 1.165) is 46.0 Å². The molecular formula is C33H39ClN4O. The highest BCUT2D eigenvalue weighted by Crippen LogP contribution is 2.30. The maximum atomic E-state index is 12.8. The minimum absolute atomic E-state index is 0.0764. The fraction of sp³-hybridized carbons (Fsp3) is 0.273. The molecule has 0 aliphatic rings. The predicted octanol–water partition coefficient (Wildman–Crippen LogP) is 7.71. The molecule has 0 aliphatic heterocycles. The number of allylic oxidation sites excluding steroid dienone is 2. The minimum Gasteiger partial charge on any atom is -0.384 e. The predicted molar refractivity (Wildman–Crippen MR) is 165 cm³/mol. The Hall–Kier alpha value is -3.83. The Morgan fingerprint density at radius 2 is 1.72 bits per heavy atom. The van der Waals surface area contributed by atoms with Crippen molar-refractivity contribution < 1.29 is 4.79 Å². The normalized spacial score (nSPS) is 10.9. The molecule has 4 N–H and O–H groups in total. The van der Waals surface area contributed by atoms with E-state index in [9.17, 15) is 4.79 Å². The van der Waals surface area contributed by atoms with Gasteiger partial charge < -0.3 is 15.6 Å². The first-order valence-electron chi connectivity index (χ1n) is 13.5. The molecule has 0 spiro atoms. The Bertz CT molecular complexity index is 1480. The zero-order valence-electron chi connectivity index (χ0n) is 23.6. The standard InChI is InChI=1S/C31H33ClN4O.C2H6/c1-4-5-6-7-27-21(3)36(29-15-12-23(30(33)34)17-28(27)29)19-25-11-10-24(16-20(25)2)31(37)35-18-22-8-13-26(32)14-9-22;1-2/h4-5,8-17H,6-7,18-19H2,1-3H3,(H3,33,34)(H,35,37);1-2H3/b5-4-;. The van der Waals surface area contributed by atoms with Crippen LogP contribution in [0.3, 0.4) is 0 Å². The molecule has 5 nitrogen and oxygen atoms in total.